The molecule has 0 atom stereocenters. The predicted molar refractivity (Wildman–Crippen MR) is 104 cm³/mol. The number of para-hydroxylation sites is 1. The monoisotopic (exact) mass is 367 g/mol. The van der Waals surface area contributed by atoms with Gasteiger partial charge in [-0.2, -0.15) is 0 Å². The van der Waals surface area contributed by atoms with Crippen molar-refractivity contribution in [3.63, 3.8) is 0 Å². The summed E-state index contributed by atoms with van der Waals surface area (Å²) in [6.45, 7) is 8.05. The summed E-state index contributed by atoms with van der Waals surface area (Å²) >= 11 is 1.23. The van der Waals surface area contributed by atoms with E-state index in [0.717, 1.165) is 22.4 Å². The molecule has 0 spiro atoms. The second-order valence-corrected chi connectivity index (χ2v) is 7.20. The Balaban J connectivity index is 1.63. The number of carbonyl (C=O) groups is 1. The summed E-state index contributed by atoms with van der Waals surface area (Å²) in [5, 5.41) is 11.4. The Labute approximate surface area is 157 Å². The van der Waals surface area contributed by atoms with Crippen molar-refractivity contribution in [1.82, 2.24) is 10.2 Å². The van der Waals surface area contributed by atoms with Gasteiger partial charge in [-0.1, -0.05) is 36.0 Å². The molecule has 26 heavy (non-hydrogen) atoms. The van der Waals surface area contributed by atoms with E-state index in [0.29, 0.717) is 11.1 Å². The van der Waals surface area contributed by atoms with Gasteiger partial charge in [-0.05, 0) is 62.1 Å². The molecule has 134 valence electrons. The van der Waals surface area contributed by atoms with E-state index in [1.165, 1.54) is 22.9 Å². The van der Waals surface area contributed by atoms with Gasteiger partial charge in [0.25, 0.3) is 5.22 Å². The number of anilines is 1. The minimum atomic E-state index is -0.0988. The fourth-order valence-electron chi connectivity index (χ4n) is 2.57. The maximum atomic E-state index is 12.2. The number of aromatic nitrogens is 2. The molecule has 3 aromatic rings. The maximum Gasteiger partial charge on any atom is 0.277 e. The first kappa shape index (κ1) is 18.2. The Morgan fingerprint density at radius 2 is 1.73 bits per heavy atom. The second kappa shape index (κ2) is 7.74. The van der Waals surface area contributed by atoms with Crippen molar-refractivity contribution in [1.29, 1.82) is 0 Å². The molecular formula is C20H21N3O2S. The quantitative estimate of drug-likeness (QED) is 0.662. The molecule has 1 amide bonds. The Hall–Kier alpha value is -2.60. The van der Waals surface area contributed by atoms with Gasteiger partial charge in [0.05, 0.1) is 5.75 Å². The summed E-state index contributed by atoms with van der Waals surface area (Å²) in [4.78, 5) is 12.2. The number of carbonyl (C=O) groups excluding carboxylic acids is 1. The lowest BCUT2D eigenvalue weighted by atomic mass is 10.1. The summed E-state index contributed by atoms with van der Waals surface area (Å²) in [6.07, 6.45) is 0. The molecule has 3 rings (SSSR count). The zero-order valence-corrected chi connectivity index (χ0v) is 16.1. The zero-order valence-electron chi connectivity index (χ0n) is 15.3. The first-order valence-electron chi connectivity index (χ1n) is 8.34. The van der Waals surface area contributed by atoms with Gasteiger partial charge >= 0.3 is 0 Å². The molecule has 0 aliphatic carbocycles. The molecule has 0 aliphatic rings. The number of rotatable bonds is 5. The molecule has 0 saturated heterocycles. The molecule has 1 heterocycles. The largest absolute Gasteiger partial charge is 0.411 e. The van der Waals surface area contributed by atoms with Crippen LogP contribution in [0.3, 0.4) is 0 Å². The molecule has 1 N–H and O–H groups in total. The zero-order chi connectivity index (χ0) is 18.7. The van der Waals surface area contributed by atoms with E-state index in [1.807, 2.05) is 57.2 Å². The molecule has 0 aliphatic heterocycles. The lowest BCUT2D eigenvalue weighted by Crippen LogP contribution is -2.15. The Kier molecular flexibility index (Phi) is 5.42. The van der Waals surface area contributed by atoms with Gasteiger partial charge < -0.3 is 9.73 Å². The highest BCUT2D eigenvalue weighted by atomic mass is 32.2. The van der Waals surface area contributed by atoms with Crippen molar-refractivity contribution in [2.75, 3.05) is 11.1 Å². The highest BCUT2D eigenvalue weighted by Gasteiger charge is 2.13. The van der Waals surface area contributed by atoms with Crippen LogP contribution in [0.15, 0.2) is 46.0 Å². The van der Waals surface area contributed by atoms with Gasteiger partial charge in [0.1, 0.15) is 0 Å². The number of hydrogen-bond donors (Lipinski definition) is 1. The van der Waals surface area contributed by atoms with E-state index in [4.69, 9.17) is 4.42 Å². The van der Waals surface area contributed by atoms with Crippen LogP contribution in [-0.2, 0) is 4.79 Å². The number of hydrogen-bond acceptors (Lipinski definition) is 5. The third-order valence-corrected chi connectivity index (χ3v) is 5.05. The molecule has 0 bridgehead atoms. The standard InChI is InChI=1S/C20H21N3O2S/c1-12-8-9-16(10-15(12)4)19-22-23-20(25-19)26-11-17(24)21-18-13(2)6-5-7-14(18)3/h5-10H,11H2,1-4H3,(H,21,24). The van der Waals surface area contributed by atoms with E-state index >= 15 is 0 Å². The van der Waals surface area contributed by atoms with Gasteiger partial charge in [0, 0.05) is 11.3 Å². The fraction of sp³-hybridized carbons (Fsp3) is 0.250. The van der Waals surface area contributed by atoms with E-state index in [9.17, 15) is 4.79 Å². The number of aryl methyl sites for hydroxylation is 4. The third-order valence-electron chi connectivity index (χ3n) is 4.23. The lowest BCUT2D eigenvalue weighted by Gasteiger charge is -2.10. The van der Waals surface area contributed by atoms with Crippen molar-refractivity contribution < 1.29 is 9.21 Å². The van der Waals surface area contributed by atoms with Crippen LogP contribution in [0, 0.1) is 27.7 Å². The van der Waals surface area contributed by atoms with Crippen LogP contribution in [0.2, 0.25) is 0 Å². The number of nitrogens with one attached hydrogen (secondary N) is 1. The fourth-order valence-corrected chi connectivity index (χ4v) is 3.14. The highest BCUT2D eigenvalue weighted by Crippen LogP contribution is 2.25. The smallest absolute Gasteiger partial charge is 0.277 e. The third kappa shape index (κ3) is 4.14. The Bertz CT molecular complexity index is 930. The van der Waals surface area contributed by atoms with Crippen LogP contribution in [0.5, 0.6) is 0 Å². The van der Waals surface area contributed by atoms with Gasteiger partial charge in [-0.15, -0.1) is 10.2 Å². The summed E-state index contributed by atoms with van der Waals surface area (Å²) in [5.74, 6) is 0.576. The molecule has 0 fully saturated rings. The summed E-state index contributed by atoms with van der Waals surface area (Å²) in [7, 11) is 0. The first-order chi connectivity index (χ1) is 12.4. The number of nitrogens with zero attached hydrogens (tertiary/aromatic N) is 2. The van der Waals surface area contributed by atoms with Crippen molar-refractivity contribution in [3.8, 4) is 11.5 Å². The lowest BCUT2D eigenvalue weighted by molar-refractivity contribution is -0.113. The van der Waals surface area contributed by atoms with Crippen LogP contribution in [0.25, 0.3) is 11.5 Å². The number of thioether (sulfide) groups is 1. The van der Waals surface area contributed by atoms with Gasteiger partial charge in [-0.25, -0.2) is 0 Å². The number of amides is 1. The van der Waals surface area contributed by atoms with Gasteiger partial charge in [0.2, 0.25) is 11.8 Å². The highest BCUT2D eigenvalue weighted by molar-refractivity contribution is 7.99. The van der Waals surface area contributed by atoms with Crippen LogP contribution in [0.4, 0.5) is 5.69 Å². The second-order valence-electron chi connectivity index (χ2n) is 6.28. The normalized spacial score (nSPS) is 10.8. The minimum absolute atomic E-state index is 0.0988. The maximum absolute atomic E-state index is 12.2. The van der Waals surface area contributed by atoms with Gasteiger partial charge in [0.15, 0.2) is 0 Å². The van der Waals surface area contributed by atoms with E-state index in [2.05, 4.69) is 22.4 Å². The van der Waals surface area contributed by atoms with Gasteiger partial charge in [-0.3, -0.25) is 4.79 Å². The molecule has 0 radical (unpaired) electrons. The molecule has 5 nitrogen and oxygen atoms in total. The molecule has 6 heteroatoms. The van der Waals surface area contributed by atoms with Crippen LogP contribution in [-0.4, -0.2) is 21.9 Å². The molecule has 2 aromatic carbocycles. The Morgan fingerprint density at radius 1 is 1.00 bits per heavy atom. The van der Waals surface area contributed by atoms with Crippen molar-refractivity contribution in [3.05, 3.63) is 58.7 Å². The van der Waals surface area contributed by atoms with Crippen LogP contribution >= 0.6 is 11.8 Å². The average molecular weight is 367 g/mol. The topological polar surface area (TPSA) is 68.0 Å². The number of benzene rings is 2. The van der Waals surface area contributed by atoms with Crippen LogP contribution in [0.1, 0.15) is 22.3 Å². The summed E-state index contributed by atoms with van der Waals surface area (Å²) in [5.41, 5.74) is 6.21. The van der Waals surface area contributed by atoms with Crippen molar-refractivity contribution >= 4 is 23.4 Å². The van der Waals surface area contributed by atoms with Crippen LogP contribution < -0.4 is 5.32 Å². The van der Waals surface area contributed by atoms with Crippen molar-refractivity contribution in [2.45, 2.75) is 32.9 Å². The van der Waals surface area contributed by atoms with E-state index in [-0.39, 0.29) is 11.7 Å². The minimum Gasteiger partial charge on any atom is -0.411 e. The Morgan fingerprint density at radius 3 is 2.42 bits per heavy atom. The van der Waals surface area contributed by atoms with Crippen molar-refractivity contribution in [2.24, 2.45) is 0 Å². The molecule has 0 saturated carbocycles. The summed E-state index contributed by atoms with van der Waals surface area (Å²) < 4.78 is 5.67. The van der Waals surface area contributed by atoms with E-state index in [1.54, 1.807) is 0 Å². The molecule has 0 unspecified atom stereocenters. The molecule has 1 aromatic heterocycles. The molecular weight excluding hydrogens is 346 g/mol. The SMILES string of the molecule is Cc1ccc(-c2nnc(SCC(=O)Nc3c(C)cccc3C)o2)cc1C. The predicted octanol–water partition coefficient (Wildman–Crippen LogP) is 4.70. The summed E-state index contributed by atoms with van der Waals surface area (Å²) in [6, 6.07) is 11.9. The first-order valence-corrected chi connectivity index (χ1v) is 9.32. The van der Waals surface area contributed by atoms with E-state index < -0.39 is 0 Å². The average Bonchev–Trinajstić information content (AvgIpc) is 3.08.